The standard InChI is InChI=1S/C40H38O12S/c1-25(41)49-35-19-7-29(23-37(35)51-27(3)43)9-21-39(31-11-15-33(47-5)16-12-31)53(45,46)40(32-13-17-34(48-6)18-14-32)22-10-30-8-20-36(50-26(2)42)38(24-30)52-28(4)44/h7-24,39-40H,1-6H3. The Morgan fingerprint density at radius 3 is 1.11 bits per heavy atom. The third-order valence-electron chi connectivity index (χ3n) is 7.47. The van der Waals surface area contributed by atoms with E-state index < -0.39 is 44.2 Å². The van der Waals surface area contributed by atoms with Gasteiger partial charge in [-0.3, -0.25) is 19.2 Å². The van der Waals surface area contributed by atoms with Crippen molar-refractivity contribution in [2.75, 3.05) is 14.2 Å². The smallest absolute Gasteiger partial charge is 0.308 e. The van der Waals surface area contributed by atoms with E-state index >= 15 is 0 Å². The van der Waals surface area contributed by atoms with Crippen LogP contribution in [0.2, 0.25) is 0 Å². The van der Waals surface area contributed by atoms with Gasteiger partial charge < -0.3 is 28.4 Å². The molecule has 0 radical (unpaired) electrons. The number of carbonyl (C=O) groups excluding carboxylic acids is 4. The quantitative estimate of drug-likeness (QED) is 0.0961. The zero-order chi connectivity index (χ0) is 38.7. The molecule has 0 fully saturated rings. The zero-order valence-electron chi connectivity index (χ0n) is 29.9. The van der Waals surface area contributed by atoms with Crippen molar-refractivity contribution in [3.63, 3.8) is 0 Å². The molecule has 0 aromatic heterocycles. The molecule has 13 heteroatoms. The fraction of sp³-hybridized carbons (Fsp3) is 0.200. The molecule has 4 rings (SSSR count). The van der Waals surface area contributed by atoms with Crippen LogP contribution in [0.1, 0.15) is 60.4 Å². The lowest BCUT2D eigenvalue weighted by Gasteiger charge is -2.22. The van der Waals surface area contributed by atoms with Crippen molar-refractivity contribution in [3.05, 3.63) is 119 Å². The van der Waals surface area contributed by atoms with E-state index in [2.05, 4.69) is 0 Å². The first-order valence-electron chi connectivity index (χ1n) is 16.1. The predicted octanol–water partition coefficient (Wildman–Crippen LogP) is 7.03. The van der Waals surface area contributed by atoms with Gasteiger partial charge in [0.15, 0.2) is 32.8 Å². The first kappa shape index (κ1) is 39.6. The van der Waals surface area contributed by atoms with Crippen molar-refractivity contribution in [3.8, 4) is 34.5 Å². The van der Waals surface area contributed by atoms with Crippen molar-refractivity contribution in [1.82, 2.24) is 0 Å². The predicted molar refractivity (Wildman–Crippen MR) is 197 cm³/mol. The SMILES string of the molecule is COc1ccc(C(C=Cc2ccc(OC(C)=O)c(OC(C)=O)c2)S(=O)(=O)C(C=Cc2ccc(OC(C)=O)c(OC(C)=O)c2)c2ccc(OC)cc2)cc1. The summed E-state index contributed by atoms with van der Waals surface area (Å²) in [5.41, 5.74) is 1.75. The summed E-state index contributed by atoms with van der Waals surface area (Å²) in [6.07, 6.45) is 6.13. The Hall–Kier alpha value is -6.21. The van der Waals surface area contributed by atoms with Gasteiger partial charge in [0.2, 0.25) is 0 Å². The van der Waals surface area contributed by atoms with E-state index in [9.17, 15) is 27.6 Å². The van der Waals surface area contributed by atoms with E-state index in [1.165, 1.54) is 78.3 Å². The van der Waals surface area contributed by atoms with Crippen molar-refractivity contribution in [1.29, 1.82) is 0 Å². The van der Waals surface area contributed by atoms with E-state index in [0.29, 0.717) is 33.8 Å². The van der Waals surface area contributed by atoms with Crippen LogP contribution in [0, 0.1) is 0 Å². The van der Waals surface area contributed by atoms with Gasteiger partial charge in [-0.1, -0.05) is 60.7 Å². The summed E-state index contributed by atoms with van der Waals surface area (Å²) < 4.78 is 61.4. The number of benzene rings is 4. The van der Waals surface area contributed by atoms with Gasteiger partial charge >= 0.3 is 23.9 Å². The molecule has 0 heterocycles. The van der Waals surface area contributed by atoms with Gasteiger partial charge in [0.05, 0.1) is 14.2 Å². The highest BCUT2D eigenvalue weighted by atomic mass is 32.2. The van der Waals surface area contributed by atoms with Gasteiger partial charge in [-0.15, -0.1) is 0 Å². The van der Waals surface area contributed by atoms with Gasteiger partial charge in [0.25, 0.3) is 0 Å². The highest BCUT2D eigenvalue weighted by Crippen LogP contribution is 2.39. The Kier molecular flexibility index (Phi) is 13.3. The molecule has 0 spiro atoms. The maximum Gasteiger partial charge on any atom is 0.308 e. The molecule has 0 bridgehead atoms. The summed E-state index contributed by atoms with van der Waals surface area (Å²) in [7, 11) is -1.22. The monoisotopic (exact) mass is 742 g/mol. The molecule has 0 aliphatic rings. The lowest BCUT2D eigenvalue weighted by atomic mass is 10.1. The topological polar surface area (TPSA) is 158 Å². The highest BCUT2D eigenvalue weighted by molar-refractivity contribution is 7.92. The second kappa shape index (κ2) is 17.8. The van der Waals surface area contributed by atoms with E-state index in [-0.39, 0.29) is 23.0 Å². The van der Waals surface area contributed by atoms with Crippen molar-refractivity contribution in [2.24, 2.45) is 0 Å². The van der Waals surface area contributed by atoms with E-state index in [1.54, 1.807) is 72.8 Å². The van der Waals surface area contributed by atoms with Crippen LogP contribution < -0.4 is 28.4 Å². The first-order chi connectivity index (χ1) is 25.2. The Morgan fingerprint density at radius 1 is 0.491 bits per heavy atom. The Labute approximate surface area is 307 Å². The largest absolute Gasteiger partial charge is 0.497 e. The molecule has 276 valence electrons. The lowest BCUT2D eigenvalue weighted by Crippen LogP contribution is -2.19. The van der Waals surface area contributed by atoms with Crippen LogP contribution in [0.5, 0.6) is 34.5 Å². The normalized spacial score (nSPS) is 12.5. The van der Waals surface area contributed by atoms with Crippen molar-refractivity contribution in [2.45, 2.75) is 38.2 Å². The molecule has 2 atom stereocenters. The maximum atomic E-state index is 14.9. The Balaban J connectivity index is 1.86. The molecule has 53 heavy (non-hydrogen) atoms. The van der Waals surface area contributed by atoms with E-state index in [0.717, 1.165) is 0 Å². The number of esters is 4. The molecule has 0 saturated carbocycles. The lowest BCUT2D eigenvalue weighted by molar-refractivity contribution is -0.134. The minimum Gasteiger partial charge on any atom is -0.497 e. The number of sulfone groups is 1. The van der Waals surface area contributed by atoms with Gasteiger partial charge in [-0.05, 0) is 70.8 Å². The van der Waals surface area contributed by atoms with Crippen LogP contribution in [0.3, 0.4) is 0 Å². The number of hydrogen-bond donors (Lipinski definition) is 0. The minimum absolute atomic E-state index is 0.0200. The molecule has 4 aromatic carbocycles. The van der Waals surface area contributed by atoms with Gasteiger partial charge in [-0.25, -0.2) is 8.42 Å². The average molecular weight is 743 g/mol. The molecule has 12 nitrogen and oxygen atoms in total. The number of ether oxygens (including phenoxy) is 6. The van der Waals surface area contributed by atoms with Gasteiger partial charge in [-0.2, -0.15) is 0 Å². The summed E-state index contributed by atoms with van der Waals surface area (Å²) in [4.78, 5) is 46.9. The average Bonchev–Trinajstić information content (AvgIpc) is 3.10. The fourth-order valence-electron chi connectivity index (χ4n) is 5.17. The maximum absolute atomic E-state index is 14.9. The molecular weight excluding hydrogens is 704 g/mol. The molecule has 0 aliphatic heterocycles. The molecule has 0 aliphatic carbocycles. The Morgan fingerprint density at radius 2 is 0.811 bits per heavy atom. The molecule has 0 N–H and O–H groups in total. The minimum atomic E-state index is -4.22. The van der Waals surface area contributed by atoms with E-state index in [4.69, 9.17) is 28.4 Å². The van der Waals surface area contributed by atoms with Gasteiger partial charge in [0, 0.05) is 27.7 Å². The summed E-state index contributed by atoms with van der Waals surface area (Å²) in [6, 6.07) is 22.1. The summed E-state index contributed by atoms with van der Waals surface area (Å²) in [5.74, 6) is -1.49. The number of hydrogen-bond acceptors (Lipinski definition) is 12. The third kappa shape index (κ3) is 10.9. The van der Waals surface area contributed by atoms with Crippen LogP contribution in [-0.4, -0.2) is 46.5 Å². The zero-order valence-corrected chi connectivity index (χ0v) is 30.7. The van der Waals surface area contributed by atoms with Crippen LogP contribution in [-0.2, 0) is 29.0 Å². The van der Waals surface area contributed by atoms with Crippen LogP contribution in [0.4, 0.5) is 0 Å². The van der Waals surface area contributed by atoms with Crippen LogP contribution >= 0.6 is 0 Å². The summed E-state index contributed by atoms with van der Waals surface area (Å²) in [5, 5.41) is -2.48. The van der Waals surface area contributed by atoms with Crippen LogP contribution in [0.15, 0.2) is 97.1 Å². The second-order valence-electron chi connectivity index (χ2n) is 11.5. The second-order valence-corrected chi connectivity index (χ2v) is 13.7. The van der Waals surface area contributed by atoms with E-state index in [1.807, 2.05) is 0 Å². The number of rotatable bonds is 14. The van der Waals surface area contributed by atoms with Crippen LogP contribution in [0.25, 0.3) is 12.2 Å². The molecule has 2 unspecified atom stereocenters. The fourth-order valence-corrected chi connectivity index (χ4v) is 7.15. The highest BCUT2D eigenvalue weighted by Gasteiger charge is 2.34. The molecule has 0 saturated heterocycles. The molecular formula is C40H38O12S. The number of methoxy groups -OCH3 is 2. The van der Waals surface area contributed by atoms with Crippen molar-refractivity contribution >= 4 is 45.9 Å². The summed E-state index contributed by atoms with van der Waals surface area (Å²) >= 11 is 0. The van der Waals surface area contributed by atoms with Gasteiger partial charge in [0.1, 0.15) is 22.0 Å². The van der Waals surface area contributed by atoms with Crippen molar-refractivity contribution < 1.29 is 56.0 Å². The Bertz CT molecular complexity index is 1990. The molecule has 0 amide bonds. The first-order valence-corrected chi connectivity index (χ1v) is 17.7. The number of carbonyl (C=O) groups is 4. The third-order valence-corrected chi connectivity index (χ3v) is 9.75. The molecule has 4 aromatic rings. The summed E-state index contributed by atoms with van der Waals surface area (Å²) in [6.45, 7) is 4.82.